The van der Waals surface area contributed by atoms with Crippen LogP contribution in [-0.2, 0) is 6.42 Å². The molecule has 1 amide bonds. The van der Waals surface area contributed by atoms with Crippen molar-refractivity contribution in [3.8, 4) is 0 Å². The molecule has 0 spiro atoms. The van der Waals surface area contributed by atoms with Gasteiger partial charge in [-0.15, -0.1) is 0 Å². The highest BCUT2D eigenvalue weighted by Gasteiger charge is 2.19. The zero-order chi connectivity index (χ0) is 15.9. The van der Waals surface area contributed by atoms with Crippen LogP contribution in [0.15, 0.2) is 42.6 Å². The average molecular weight is 302 g/mol. The molecule has 7 heteroatoms. The Hall–Kier alpha value is -2.67. The number of nitrogens with one attached hydrogen (secondary N) is 1. The fraction of sp³-hybridized carbons (Fsp3) is 0.267. The molecule has 2 aromatic rings. The zero-order valence-electron chi connectivity index (χ0n) is 12.1. The number of hydrogen-bond donors (Lipinski definition) is 2. The van der Waals surface area contributed by atoms with Gasteiger partial charge in [0.05, 0.1) is 11.1 Å². The largest absolute Gasteiger partial charge is 0.351 e. The van der Waals surface area contributed by atoms with Gasteiger partial charge in [-0.25, -0.2) is 0 Å². The molecule has 1 heterocycles. The van der Waals surface area contributed by atoms with Crippen molar-refractivity contribution in [1.29, 1.82) is 0 Å². The number of nitrogens with zero attached hydrogens (tertiary/aromatic N) is 2. The van der Waals surface area contributed by atoms with E-state index in [4.69, 9.17) is 5.73 Å². The molecule has 0 radical (unpaired) electrons. The molecule has 116 valence electrons. The molecule has 0 atom stereocenters. The lowest BCUT2D eigenvalue weighted by molar-refractivity contribution is -0.384. The number of amides is 1. The van der Waals surface area contributed by atoms with Crippen LogP contribution in [-0.4, -0.2) is 40.3 Å². The molecule has 22 heavy (non-hydrogen) atoms. The first-order valence-corrected chi connectivity index (χ1v) is 6.98. The van der Waals surface area contributed by atoms with Gasteiger partial charge in [-0.2, -0.15) is 0 Å². The predicted molar refractivity (Wildman–Crippen MR) is 82.6 cm³/mol. The number of aromatic amines is 1. The van der Waals surface area contributed by atoms with Crippen LogP contribution in [0.2, 0.25) is 0 Å². The maximum Gasteiger partial charge on any atom is 0.287 e. The summed E-state index contributed by atoms with van der Waals surface area (Å²) in [6.45, 7) is 1.24. The van der Waals surface area contributed by atoms with Crippen LogP contribution < -0.4 is 5.73 Å². The van der Waals surface area contributed by atoms with E-state index in [2.05, 4.69) is 4.98 Å². The average Bonchev–Trinajstić information content (AvgIpc) is 3.02. The summed E-state index contributed by atoms with van der Waals surface area (Å²) < 4.78 is 0. The van der Waals surface area contributed by atoms with Gasteiger partial charge in [0, 0.05) is 25.7 Å². The minimum atomic E-state index is -0.537. The Morgan fingerprint density at radius 3 is 2.59 bits per heavy atom. The van der Waals surface area contributed by atoms with Crippen molar-refractivity contribution in [2.24, 2.45) is 5.73 Å². The fourth-order valence-electron chi connectivity index (χ4n) is 2.16. The summed E-state index contributed by atoms with van der Waals surface area (Å²) in [6, 6.07) is 11.0. The molecule has 0 saturated carbocycles. The van der Waals surface area contributed by atoms with Gasteiger partial charge in [-0.1, -0.05) is 30.3 Å². The van der Waals surface area contributed by atoms with Gasteiger partial charge in [0.25, 0.3) is 11.6 Å². The van der Waals surface area contributed by atoms with Crippen molar-refractivity contribution in [3.63, 3.8) is 0 Å². The second kappa shape index (κ2) is 7.37. The summed E-state index contributed by atoms with van der Waals surface area (Å²) in [6.07, 6.45) is 1.92. The number of nitrogens with two attached hydrogens (primary N) is 1. The predicted octanol–water partition coefficient (Wildman–Crippen LogP) is 1.57. The molecular weight excluding hydrogens is 284 g/mol. The minimum absolute atomic E-state index is 0.126. The van der Waals surface area contributed by atoms with Gasteiger partial charge in [-0.05, 0) is 12.0 Å². The molecule has 0 unspecified atom stereocenters. The third kappa shape index (κ3) is 3.92. The number of rotatable bonds is 7. The van der Waals surface area contributed by atoms with Crippen LogP contribution in [0.5, 0.6) is 0 Å². The van der Waals surface area contributed by atoms with E-state index < -0.39 is 4.92 Å². The first kappa shape index (κ1) is 15.7. The number of carbonyl (C=O) groups is 1. The molecule has 0 saturated heterocycles. The molecule has 1 aromatic carbocycles. The SMILES string of the molecule is NCCN(CCc1ccccc1)C(=O)c1cc([N+](=O)[O-])c[nH]1. The molecule has 0 aliphatic rings. The topological polar surface area (TPSA) is 105 Å². The number of carbonyl (C=O) groups excluding carboxylic acids is 1. The maximum atomic E-state index is 12.4. The quantitative estimate of drug-likeness (QED) is 0.598. The van der Waals surface area contributed by atoms with E-state index in [9.17, 15) is 14.9 Å². The Morgan fingerprint density at radius 1 is 1.27 bits per heavy atom. The van der Waals surface area contributed by atoms with Crippen LogP contribution in [0.25, 0.3) is 0 Å². The van der Waals surface area contributed by atoms with E-state index in [-0.39, 0.29) is 17.3 Å². The van der Waals surface area contributed by atoms with Crippen molar-refractivity contribution in [1.82, 2.24) is 9.88 Å². The minimum Gasteiger partial charge on any atom is -0.351 e. The first-order chi connectivity index (χ1) is 10.6. The Balaban J connectivity index is 2.05. The monoisotopic (exact) mass is 302 g/mol. The summed E-state index contributed by atoms with van der Waals surface area (Å²) in [4.78, 5) is 26.8. The summed E-state index contributed by atoms with van der Waals surface area (Å²) >= 11 is 0. The lowest BCUT2D eigenvalue weighted by Gasteiger charge is -2.21. The maximum absolute atomic E-state index is 12.4. The van der Waals surface area contributed by atoms with Gasteiger partial charge >= 0.3 is 0 Å². The van der Waals surface area contributed by atoms with Crippen molar-refractivity contribution in [3.05, 3.63) is 64.0 Å². The number of aromatic nitrogens is 1. The van der Waals surface area contributed by atoms with Gasteiger partial charge in [-0.3, -0.25) is 14.9 Å². The second-order valence-corrected chi connectivity index (χ2v) is 4.85. The number of benzene rings is 1. The van der Waals surface area contributed by atoms with Gasteiger partial charge in [0.1, 0.15) is 5.69 Å². The van der Waals surface area contributed by atoms with Crippen molar-refractivity contribution in [2.75, 3.05) is 19.6 Å². The van der Waals surface area contributed by atoms with E-state index in [1.807, 2.05) is 30.3 Å². The zero-order valence-corrected chi connectivity index (χ0v) is 12.1. The van der Waals surface area contributed by atoms with E-state index in [1.54, 1.807) is 4.90 Å². The van der Waals surface area contributed by atoms with Gasteiger partial charge < -0.3 is 15.6 Å². The third-order valence-corrected chi connectivity index (χ3v) is 3.31. The third-order valence-electron chi connectivity index (χ3n) is 3.31. The standard InChI is InChI=1S/C15H18N4O3/c16-7-9-18(8-6-12-4-2-1-3-5-12)15(20)14-10-13(11-17-14)19(21)22/h1-5,10-11,17H,6-9,16H2. The Kier molecular flexibility index (Phi) is 5.26. The van der Waals surface area contributed by atoms with Crippen molar-refractivity contribution >= 4 is 11.6 Å². The van der Waals surface area contributed by atoms with Gasteiger partial charge in [0.15, 0.2) is 0 Å². The summed E-state index contributed by atoms with van der Waals surface area (Å²) in [5.41, 5.74) is 6.75. The van der Waals surface area contributed by atoms with Crippen molar-refractivity contribution in [2.45, 2.75) is 6.42 Å². The van der Waals surface area contributed by atoms with E-state index in [0.29, 0.717) is 26.1 Å². The van der Waals surface area contributed by atoms with E-state index in [0.717, 1.165) is 5.56 Å². The van der Waals surface area contributed by atoms with Crippen LogP contribution in [0.1, 0.15) is 16.1 Å². The normalized spacial score (nSPS) is 10.4. The molecule has 0 aliphatic carbocycles. The second-order valence-electron chi connectivity index (χ2n) is 4.85. The Bertz CT molecular complexity index is 639. The van der Waals surface area contributed by atoms with Crippen molar-refractivity contribution < 1.29 is 9.72 Å². The molecule has 0 aliphatic heterocycles. The molecule has 0 fully saturated rings. The number of nitro groups is 1. The van der Waals surface area contributed by atoms with E-state index in [1.165, 1.54) is 12.3 Å². The van der Waals surface area contributed by atoms with Crippen LogP contribution in [0.3, 0.4) is 0 Å². The molecule has 3 N–H and O–H groups in total. The van der Waals surface area contributed by atoms with E-state index >= 15 is 0 Å². The lowest BCUT2D eigenvalue weighted by Crippen LogP contribution is -2.37. The highest BCUT2D eigenvalue weighted by Crippen LogP contribution is 2.14. The molecule has 1 aromatic heterocycles. The number of hydrogen-bond acceptors (Lipinski definition) is 4. The molecule has 2 rings (SSSR count). The molecular formula is C15H18N4O3. The summed E-state index contributed by atoms with van der Waals surface area (Å²) in [5, 5.41) is 10.7. The van der Waals surface area contributed by atoms with Gasteiger partial charge in [0.2, 0.25) is 0 Å². The van der Waals surface area contributed by atoms with Crippen LogP contribution >= 0.6 is 0 Å². The van der Waals surface area contributed by atoms with Crippen LogP contribution in [0.4, 0.5) is 5.69 Å². The summed E-state index contributed by atoms with van der Waals surface area (Å²) in [7, 11) is 0. The highest BCUT2D eigenvalue weighted by molar-refractivity contribution is 5.93. The molecule has 0 bridgehead atoms. The lowest BCUT2D eigenvalue weighted by atomic mass is 10.1. The first-order valence-electron chi connectivity index (χ1n) is 6.98. The summed E-state index contributed by atoms with van der Waals surface area (Å²) in [5.74, 6) is -0.283. The fourth-order valence-corrected chi connectivity index (χ4v) is 2.16. The Morgan fingerprint density at radius 2 is 2.00 bits per heavy atom. The van der Waals surface area contributed by atoms with Crippen LogP contribution in [0, 0.1) is 10.1 Å². The number of H-pyrrole nitrogens is 1. The Labute approximate surface area is 127 Å². The highest BCUT2D eigenvalue weighted by atomic mass is 16.6. The molecule has 7 nitrogen and oxygen atoms in total. The smallest absolute Gasteiger partial charge is 0.287 e.